The van der Waals surface area contributed by atoms with Gasteiger partial charge in [-0.15, -0.1) is 0 Å². The second-order valence-electron chi connectivity index (χ2n) is 4.42. The van der Waals surface area contributed by atoms with Crippen LogP contribution in [0.25, 0.3) is 0 Å². The van der Waals surface area contributed by atoms with Crippen molar-refractivity contribution in [3.05, 3.63) is 0 Å². The Morgan fingerprint density at radius 1 is 1.67 bits per heavy atom. The van der Waals surface area contributed by atoms with E-state index in [4.69, 9.17) is 5.11 Å². The van der Waals surface area contributed by atoms with Crippen molar-refractivity contribution in [3.63, 3.8) is 0 Å². The monoisotopic (exact) mass is 216 g/mol. The van der Waals surface area contributed by atoms with Crippen LogP contribution in [0, 0.1) is 5.92 Å². The Morgan fingerprint density at radius 2 is 2.40 bits per heavy atom. The smallest absolute Gasteiger partial charge is 0.224 e. The molecule has 2 unspecified atom stereocenters. The zero-order chi connectivity index (χ0) is 11.3. The second kappa shape index (κ2) is 5.44. The molecular weight excluding hydrogens is 196 g/mol. The van der Waals surface area contributed by atoms with Gasteiger partial charge in [-0.25, -0.2) is 0 Å². The lowest BCUT2D eigenvalue weighted by Crippen LogP contribution is -2.47. The summed E-state index contributed by atoms with van der Waals surface area (Å²) < 4.78 is 0. The molecular formula is C10H20N2O3. The van der Waals surface area contributed by atoms with E-state index in [2.05, 4.69) is 10.6 Å². The van der Waals surface area contributed by atoms with E-state index < -0.39 is 5.60 Å². The van der Waals surface area contributed by atoms with E-state index in [1.54, 1.807) is 0 Å². The number of carbonyl (C=O) groups excluding carboxylic acids is 1. The van der Waals surface area contributed by atoms with Crippen LogP contribution in [0.4, 0.5) is 0 Å². The zero-order valence-electron chi connectivity index (χ0n) is 9.12. The molecule has 1 rings (SSSR count). The largest absolute Gasteiger partial charge is 0.393 e. The highest BCUT2D eigenvalue weighted by Gasteiger charge is 2.24. The number of hydrogen-bond acceptors (Lipinski definition) is 4. The molecule has 0 saturated carbocycles. The average molecular weight is 216 g/mol. The summed E-state index contributed by atoms with van der Waals surface area (Å²) in [6, 6.07) is 0. The minimum Gasteiger partial charge on any atom is -0.393 e. The van der Waals surface area contributed by atoms with E-state index in [9.17, 15) is 9.90 Å². The first-order valence-electron chi connectivity index (χ1n) is 5.37. The molecule has 5 nitrogen and oxygen atoms in total. The van der Waals surface area contributed by atoms with Crippen LogP contribution in [0.2, 0.25) is 0 Å². The van der Waals surface area contributed by atoms with E-state index in [0.717, 1.165) is 19.4 Å². The Kier molecular flexibility index (Phi) is 4.50. The van der Waals surface area contributed by atoms with Gasteiger partial charge >= 0.3 is 0 Å². The maximum absolute atomic E-state index is 11.6. The summed E-state index contributed by atoms with van der Waals surface area (Å²) >= 11 is 0. The van der Waals surface area contributed by atoms with Crippen molar-refractivity contribution in [2.75, 3.05) is 26.2 Å². The quantitative estimate of drug-likeness (QED) is 0.478. The molecule has 1 aliphatic rings. The van der Waals surface area contributed by atoms with Crippen LogP contribution in [0.15, 0.2) is 0 Å². The van der Waals surface area contributed by atoms with Crippen molar-refractivity contribution in [2.24, 2.45) is 5.92 Å². The van der Waals surface area contributed by atoms with Gasteiger partial charge in [-0.05, 0) is 26.3 Å². The molecule has 1 saturated heterocycles. The lowest BCUT2D eigenvalue weighted by atomic mass is 9.98. The van der Waals surface area contributed by atoms with E-state index in [1.165, 1.54) is 6.92 Å². The molecule has 1 aliphatic heterocycles. The molecule has 88 valence electrons. The summed E-state index contributed by atoms with van der Waals surface area (Å²) in [7, 11) is 0. The number of amides is 1. The lowest BCUT2D eigenvalue weighted by molar-refractivity contribution is -0.127. The van der Waals surface area contributed by atoms with Crippen LogP contribution in [0.1, 0.15) is 19.8 Å². The third-order valence-electron chi connectivity index (χ3n) is 2.65. The number of aliphatic hydroxyl groups is 2. The standard InChI is InChI=1S/C10H20N2O3/c1-10(15,7-13)6-12-9(14)8-3-2-4-11-5-8/h8,11,13,15H,2-7H2,1H3,(H,12,14). The summed E-state index contributed by atoms with van der Waals surface area (Å²) in [6.07, 6.45) is 1.90. The van der Waals surface area contributed by atoms with Crippen molar-refractivity contribution < 1.29 is 15.0 Å². The summed E-state index contributed by atoms with van der Waals surface area (Å²) in [6.45, 7) is 2.91. The number of piperidine rings is 1. The van der Waals surface area contributed by atoms with Gasteiger partial charge in [0.05, 0.1) is 12.5 Å². The topological polar surface area (TPSA) is 81.6 Å². The van der Waals surface area contributed by atoms with Crippen molar-refractivity contribution >= 4 is 5.91 Å². The van der Waals surface area contributed by atoms with Gasteiger partial charge in [-0.3, -0.25) is 4.79 Å². The molecule has 4 N–H and O–H groups in total. The molecule has 15 heavy (non-hydrogen) atoms. The third-order valence-corrected chi connectivity index (χ3v) is 2.65. The highest BCUT2D eigenvalue weighted by atomic mass is 16.3. The average Bonchev–Trinajstić information content (AvgIpc) is 2.27. The molecule has 0 aromatic carbocycles. The van der Waals surface area contributed by atoms with Gasteiger partial charge in [0.25, 0.3) is 0 Å². The minimum atomic E-state index is -1.22. The minimum absolute atomic E-state index is 0.00626. The number of aliphatic hydroxyl groups excluding tert-OH is 1. The molecule has 0 aromatic heterocycles. The first-order valence-corrected chi connectivity index (χ1v) is 5.37. The van der Waals surface area contributed by atoms with E-state index in [0.29, 0.717) is 6.54 Å². The van der Waals surface area contributed by atoms with Crippen molar-refractivity contribution in [1.82, 2.24) is 10.6 Å². The van der Waals surface area contributed by atoms with Gasteiger partial charge in [-0.1, -0.05) is 0 Å². The van der Waals surface area contributed by atoms with Crippen molar-refractivity contribution in [2.45, 2.75) is 25.4 Å². The molecule has 5 heteroatoms. The van der Waals surface area contributed by atoms with Gasteiger partial charge in [0.1, 0.15) is 5.60 Å². The van der Waals surface area contributed by atoms with Crippen LogP contribution < -0.4 is 10.6 Å². The highest BCUT2D eigenvalue weighted by molar-refractivity contribution is 5.79. The highest BCUT2D eigenvalue weighted by Crippen LogP contribution is 2.10. The first-order chi connectivity index (χ1) is 7.05. The van der Waals surface area contributed by atoms with E-state index in [1.807, 2.05) is 0 Å². The molecule has 1 amide bonds. The Morgan fingerprint density at radius 3 is 2.93 bits per heavy atom. The fourth-order valence-corrected chi connectivity index (χ4v) is 1.55. The fourth-order valence-electron chi connectivity index (χ4n) is 1.55. The van der Waals surface area contributed by atoms with E-state index in [-0.39, 0.29) is 25.0 Å². The van der Waals surface area contributed by atoms with Crippen molar-refractivity contribution in [3.8, 4) is 0 Å². The first kappa shape index (κ1) is 12.4. The molecule has 0 bridgehead atoms. The van der Waals surface area contributed by atoms with Gasteiger partial charge in [-0.2, -0.15) is 0 Å². The molecule has 0 spiro atoms. The Balaban J connectivity index is 2.28. The number of rotatable bonds is 4. The molecule has 0 aromatic rings. The third kappa shape index (κ3) is 4.15. The maximum atomic E-state index is 11.6. The maximum Gasteiger partial charge on any atom is 0.224 e. The van der Waals surface area contributed by atoms with Gasteiger partial charge in [0, 0.05) is 13.1 Å². The number of hydrogen-bond donors (Lipinski definition) is 4. The van der Waals surface area contributed by atoms with Gasteiger partial charge < -0.3 is 20.8 Å². The molecule has 2 atom stereocenters. The molecule has 0 aliphatic carbocycles. The van der Waals surface area contributed by atoms with E-state index >= 15 is 0 Å². The predicted octanol–water partition coefficient (Wildman–Crippen LogP) is -1.15. The summed E-state index contributed by atoms with van der Waals surface area (Å²) in [5.41, 5.74) is -1.22. The Hall–Kier alpha value is -0.650. The van der Waals surface area contributed by atoms with Crippen LogP contribution in [-0.2, 0) is 4.79 Å². The van der Waals surface area contributed by atoms with Crippen molar-refractivity contribution in [1.29, 1.82) is 0 Å². The Bertz CT molecular complexity index is 213. The summed E-state index contributed by atoms with van der Waals surface area (Å²) in [5, 5.41) is 24.1. The number of carbonyl (C=O) groups is 1. The lowest BCUT2D eigenvalue weighted by Gasteiger charge is -2.25. The Labute approximate surface area is 89.9 Å². The van der Waals surface area contributed by atoms with Gasteiger partial charge in [0.2, 0.25) is 5.91 Å². The zero-order valence-corrected chi connectivity index (χ0v) is 9.12. The molecule has 1 fully saturated rings. The second-order valence-corrected chi connectivity index (χ2v) is 4.42. The van der Waals surface area contributed by atoms with Crippen LogP contribution >= 0.6 is 0 Å². The molecule has 1 heterocycles. The van der Waals surface area contributed by atoms with Crippen LogP contribution in [0.3, 0.4) is 0 Å². The number of nitrogens with one attached hydrogen (secondary N) is 2. The summed E-state index contributed by atoms with van der Waals surface area (Å²) in [5.74, 6) is -0.0517. The fraction of sp³-hybridized carbons (Fsp3) is 0.900. The molecule has 0 radical (unpaired) electrons. The SMILES string of the molecule is CC(O)(CO)CNC(=O)C1CCCNC1. The van der Waals surface area contributed by atoms with Gasteiger partial charge in [0.15, 0.2) is 0 Å². The normalized spacial score (nSPS) is 25.7. The van der Waals surface area contributed by atoms with Crippen LogP contribution in [-0.4, -0.2) is 48.0 Å². The van der Waals surface area contributed by atoms with Crippen LogP contribution in [0.5, 0.6) is 0 Å². The predicted molar refractivity (Wildman–Crippen MR) is 56.3 cm³/mol. The summed E-state index contributed by atoms with van der Waals surface area (Å²) in [4.78, 5) is 11.6.